The van der Waals surface area contributed by atoms with Crippen molar-refractivity contribution in [2.75, 3.05) is 26.7 Å². The largest absolute Gasteiger partial charge is 0.494 e. The zero-order valence-corrected chi connectivity index (χ0v) is 21.2. The van der Waals surface area contributed by atoms with Crippen LogP contribution < -0.4 is 4.74 Å². The Morgan fingerprint density at radius 3 is 2.60 bits per heavy atom. The number of urea groups is 1. The molecule has 2 aliphatic rings. The minimum atomic E-state index is -0.961. The molecule has 2 aromatic carbocycles. The van der Waals surface area contributed by atoms with Crippen LogP contribution in [0, 0.1) is 0 Å². The van der Waals surface area contributed by atoms with Crippen LogP contribution in [0.4, 0.5) is 4.79 Å². The summed E-state index contributed by atoms with van der Waals surface area (Å²) >= 11 is 0. The van der Waals surface area contributed by atoms with Gasteiger partial charge in [0.05, 0.1) is 6.61 Å². The fourth-order valence-electron chi connectivity index (χ4n) is 5.44. The maximum Gasteiger partial charge on any atom is 0.328 e. The van der Waals surface area contributed by atoms with Crippen LogP contribution in [0.15, 0.2) is 48.5 Å². The van der Waals surface area contributed by atoms with Crippen molar-refractivity contribution < 1.29 is 14.3 Å². The molecule has 0 saturated carbocycles. The predicted octanol–water partition coefficient (Wildman–Crippen LogP) is 4.58. The molecule has 184 valence electrons. The number of amides is 3. The van der Waals surface area contributed by atoms with E-state index in [0.29, 0.717) is 32.2 Å². The molecule has 1 saturated heterocycles. The van der Waals surface area contributed by atoms with Gasteiger partial charge in [0.15, 0.2) is 0 Å². The Kier molecular flexibility index (Phi) is 5.83. The molecule has 5 rings (SSSR count). The molecule has 2 atom stereocenters. The topological polar surface area (TPSA) is 68.9 Å². The molecule has 3 heterocycles. The van der Waals surface area contributed by atoms with Gasteiger partial charge >= 0.3 is 6.03 Å². The van der Waals surface area contributed by atoms with Gasteiger partial charge in [-0.15, -0.1) is 0 Å². The minimum absolute atomic E-state index is 0.124. The third-order valence-corrected chi connectivity index (χ3v) is 7.62. The van der Waals surface area contributed by atoms with Crippen LogP contribution in [0.2, 0.25) is 0 Å². The van der Waals surface area contributed by atoms with Gasteiger partial charge in [0.1, 0.15) is 17.3 Å². The van der Waals surface area contributed by atoms with Gasteiger partial charge in [0.2, 0.25) is 0 Å². The summed E-state index contributed by atoms with van der Waals surface area (Å²) in [5, 5.41) is 1.05. The van der Waals surface area contributed by atoms with E-state index in [0.717, 1.165) is 33.5 Å². The molecule has 35 heavy (non-hydrogen) atoms. The molecule has 2 aliphatic heterocycles. The van der Waals surface area contributed by atoms with E-state index in [1.807, 2.05) is 69.4 Å². The molecule has 1 fully saturated rings. The number of fused-ring (bicyclic) bond motifs is 4. The fraction of sp³-hybridized carbons (Fsp3) is 0.429. The normalized spacial score (nSPS) is 21.9. The van der Waals surface area contributed by atoms with Gasteiger partial charge in [-0.05, 0) is 64.1 Å². The van der Waals surface area contributed by atoms with Crippen LogP contribution in [0.3, 0.4) is 0 Å². The highest BCUT2D eigenvalue weighted by Gasteiger charge is 2.60. The summed E-state index contributed by atoms with van der Waals surface area (Å²) in [5.41, 5.74) is 3.06. The number of ether oxygens (including phenoxy) is 1. The van der Waals surface area contributed by atoms with Crippen molar-refractivity contribution in [3.05, 3.63) is 65.4 Å². The Morgan fingerprint density at radius 1 is 1.17 bits per heavy atom. The van der Waals surface area contributed by atoms with Crippen molar-refractivity contribution in [1.82, 2.24) is 19.7 Å². The smallest absolute Gasteiger partial charge is 0.328 e. The van der Waals surface area contributed by atoms with E-state index in [9.17, 15) is 9.59 Å². The van der Waals surface area contributed by atoms with Crippen LogP contribution in [0.1, 0.15) is 50.6 Å². The fourth-order valence-corrected chi connectivity index (χ4v) is 5.44. The van der Waals surface area contributed by atoms with Crippen molar-refractivity contribution in [2.24, 2.45) is 0 Å². The van der Waals surface area contributed by atoms with Gasteiger partial charge in [0, 0.05) is 42.1 Å². The lowest BCUT2D eigenvalue weighted by Gasteiger charge is -2.42. The quantitative estimate of drug-likeness (QED) is 0.509. The number of nitrogens with one attached hydrogen (secondary N) is 1. The number of rotatable bonds is 7. The third-order valence-electron chi connectivity index (χ3n) is 7.62. The number of likely N-dealkylation sites (N-methyl/N-ethyl adjacent to an activating group) is 1. The van der Waals surface area contributed by atoms with E-state index in [-0.39, 0.29) is 18.0 Å². The number of benzene rings is 2. The molecule has 3 aromatic rings. The molecule has 7 heteroatoms. The minimum Gasteiger partial charge on any atom is -0.494 e. The SMILES string of the molecule is CCOc1ccc2[nH]c3c(c2c1)C[C@@]1(C)C(=O)N(CCN(C)C(C)C)C(=O)N1[C@@H]3c1ccccc1. The van der Waals surface area contributed by atoms with Gasteiger partial charge < -0.3 is 14.6 Å². The van der Waals surface area contributed by atoms with Crippen LogP contribution in [0.25, 0.3) is 10.9 Å². The highest BCUT2D eigenvalue weighted by Crippen LogP contribution is 2.48. The third kappa shape index (κ3) is 3.69. The van der Waals surface area contributed by atoms with Crippen molar-refractivity contribution in [1.29, 1.82) is 0 Å². The molecule has 0 radical (unpaired) electrons. The van der Waals surface area contributed by atoms with E-state index < -0.39 is 5.54 Å². The number of aromatic amines is 1. The summed E-state index contributed by atoms with van der Waals surface area (Å²) < 4.78 is 5.77. The van der Waals surface area contributed by atoms with Crippen molar-refractivity contribution >= 4 is 22.8 Å². The highest BCUT2D eigenvalue weighted by atomic mass is 16.5. The predicted molar refractivity (Wildman–Crippen MR) is 137 cm³/mol. The maximum atomic E-state index is 13.9. The number of nitrogens with zero attached hydrogens (tertiary/aromatic N) is 3. The van der Waals surface area contributed by atoms with E-state index in [4.69, 9.17) is 4.74 Å². The van der Waals surface area contributed by atoms with Crippen LogP contribution in [0.5, 0.6) is 5.75 Å². The number of carbonyl (C=O) groups is 2. The summed E-state index contributed by atoms with van der Waals surface area (Å²) in [6.45, 7) is 9.71. The Morgan fingerprint density at radius 2 is 1.91 bits per heavy atom. The molecule has 0 spiro atoms. The molecule has 1 aromatic heterocycles. The Balaban J connectivity index is 1.63. The Labute approximate surface area is 206 Å². The van der Waals surface area contributed by atoms with Gasteiger partial charge in [-0.1, -0.05) is 30.3 Å². The second kappa shape index (κ2) is 8.72. The Hall–Kier alpha value is -3.32. The first kappa shape index (κ1) is 23.4. The Bertz CT molecular complexity index is 1270. The lowest BCUT2D eigenvalue weighted by Crippen LogP contribution is -2.53. The number of aromatic nitrogens is 1. The number of hydrogen-bond acceptors (Lipinski definition) is 4. The maximum absolute atomic E-state index is 13.9. The standard InChI is InChI=1S/C28H34N4O3/c1-6-35-20-12-13-23-21(16-20)22-17-28(4)26(33)31(15-14-30(5)18(2)3)27(34)32(28)25(24(22)29-23)19-10-8-7-9-11-19/h7-13,16,18,25,29H,6,14-15,17H2,1-5H3/t25-,28+/m1/s1. The summed E-state index contributed by atoms with van der Waals surface area (Å²) in [6, 6.07) is 15.8. The van der Waals surface area contributed by atoms with Crippen molar-refractivity contribution in [3.8, 4) is 5.75 Å². The first-order valence-corrected chi connectivity index (χ1v) is 12.4. The summed E-state index contributed by atoms with van der Waals surface area (Å²) in [5.74, 6) is 0.680. The van der Waals surface area contributed by atoms with Crippen LogP contribution >= 0.6 is 0 Å². The second-order valence-electron chi connectivity index (χ2n) is 10.1. The average molecular weight is 475 g/mol. The number of imide groups is 1. The summed E-state index contributed by atoms with van der Waals surface area (Å²) in [7, 11) is 2.02. The van der Waals surface area contributed by atoms with Crippen molar-refractivity contribution in [2.45, 2.75) is 51.7 Å². The van der Waals surface area contributed by atoms with Crippen molar-refractivity contribution in [3.63, 3.8) is 0 Å². The van der Waals surface area contributed by atoms with E-state index in [1.54, 1.807) is 4.90 Å². The molecule has 1 N–H and O–H groups in total. The van der Waals surface area contributed by atoms with Gasteiger partial charge in [-0.2, -0.15) is 0 Å². The summed E-state index contributed by atoms with van der Waals surface area (Å²) in [6.07, 6.45) is 0.461. The molecule has 7 nitrogen and oxygen atoms in total. The molecule has 0 bridgehead atoms. The lowest BCUT2D eigenvalue weighted by atomic mass is 9.81. The zero-order valence-electron chi connectivity index (χ0n) is 21.2. The summed E-state index contributed by atoms with van der Waals surface area (Å²) in [4.78, 5) is 36.7. The number of H-pyrrole nitrogens is 1. The first-order valence-electron chi connectivity index (χ1n) is 12.4. The highest BCUT2D eigenvalue weighted by molar-refractivity contribution is 6.08. The molecule has 3 amide bonds. The van der Waals surface area contributed by atoms with E-state index >= 15 is 0 Å². The zero-order chi connectivity index (χ0) is 24.9. The molecular weight excluding hydrogens is 440 g/mol. The monoisotopic (exact) mass is 474 g/mol. The molecular formula is C28H34N4O3. The van der Waals surface area contributed by atoms with E-state index in [2.05, 4.69) is 23.7 Å². The first-order chi connectivity index (χ1) is 16.8. The molecule has 0 aliphatic carbocycles. The van der Waals surface area contributed by atoms with Crippen LogP contribution in [-0.4, -0.2) is 69.9 Å². The van der Waals surface area contributed by atoms with E-state index in [1.165, 1.54) is 4.90 Å². The van der Waals surface area contributed by atoms with Crippen LogP contribution in [-0.2, 0) is 11.2 Å². The van der Waals surface area contributed by atoms with Gasteiger partial charge in [0.25, 0.3) is 5.91 Å². The molecule has 0 unspecified atom stereocenters. The lowest BCUT2D eigenvalue weighted by molar-refractivity contribution is -0.133. The van der Waals surface area contributed by atoms with Gasteiger partial charge in [-0.3, -0.25) is 14.6 Å². The second-order valence-corrected chi connectivity index (χ2v) is 10.1. The van der Waals surface area contributed by atoms with Gasteiger partial charge in [-0.25, -0.2) is 4.79 Å². The number of carbonyl (C=O) groups excluding carboxylic acids is 2. The average Bonchev–Trinajstić information content (AvgIpc) is 3.28. The number of hydrogen-bond donors (Lipinski definition) is 1.